The quantitative estimate of drug-likeness (QED) is 0.573. The van der Waals surface area contributed by atoms with Gasteiger partial charge in [-0.25, -0.2) is 0 Å². The molecular formula is C22H32BNO5. The van der Waals surface area contributed by atoms with Crippen LogP contribution in [-0.4, -0.2) is 54.8 Å². The number of esters is 1. The lowest BCUT2D eigenvalue weighted by molar-refractivity contribution is -0.150. The Morgan fingerprint density at radius 2 is 1.69 bits per heavy atom. The molecule has 6 nitrogen and oxygen atoms in total. The van der Waals surface area contributed by atoms with E-state index in [9.17, 15) is 9.59 Å². The van der Waals surface area contributed by atoms with Gasteiger partial charge in [0.25, 0.3) is 0 Å². The number of benzene rings is 1. The number of methoxy groups -OCH3 is 1. The number of nitrogens with zero attached hydrogens (tertiary/aromatic N) is 1. The summed E-state index contributed by atoms with van der Waals surface area (Å²) < 4.78 is 17.0. The third-order valence-corrected chi connectivity index (χ3v) is 6.60. The molecular weight excluding hydrogens is 369 g/mol. The van der Waals surface area contributed by atoms with Crippen molar-refractivity contribution < 1.29 is 23.6 Å². The molecule has 158 valence electrons. The van der Waals surface area contributed by atoms with Gasteiger partial charge in [0, 0.05) is 12.6 Å². The molecule has 0 radical (unpaired) electrons. The zero-order valence-corrected chi connectivity index (χ0v) is 18.4. The zero-order valence-electron chi connectivity index (χ0n) is 18.4. The number of hydrogen-bond donors (Lipinski definition) is 0. The average Bonchev–Trinajstić information content (AvgIpc) is 2.89. The standard InChI is InChI=1S/C22H32BNO5/c1-15-7-10-17(20(26)27-6)14-24(15)19(25)13-16-8-11-18(12-9-16)23-28-21(2,3)22(4,5)29-23/h8-9,11-12,15,17H,7,10,13-14H2,1-6H3/t15-,17+/m0/s1. The minimum Gasteiger partial charge on any atom is -0.469 e. The number of hydrogen-bond acceptors (Lipinski definition) is 5. The van der Waals surface area contributed by atoms with Gasteiger partial charge < -0.3 is 18.9 Å². The summed E-state index contributed by atoms with van der Waals surface area (Å²) in [5.74, 6) is -0.429. The predicted octanol–water partition coefficient (Wildman–Crippen LogP) is 2.33. The molecule has 0 unspecified atom stereocenters. The molecule has 0 spiro atoms. The summed E-state index contributed by atoms with van der Waals surface area (Å²) in [4.78, 5) is 26.6. The highest BCUT2D eigenvalue weighted by Gasteiger charge is 2.51. The van der Waals surface area contributed by atoms with Crippen LogP contribution in [0.2, 0.25) is 0 Å². The Hall–Kier alpha value is -1.86. The fraction of sp³-hybridized carbons (Fsp3) is 0.636. The van der Waals surface area contributed by atoms with Gasteiger partial charge in [0.15, 0.2) is 0 Å². The van der Waals surface area contributed by atoms with Crippen LogP contribution in [0.25, 0.3) is 0 Å². The van der Waals surface area contributed by atoms with E-state index in [4.69, 9.17) is 14.0 Å². The minimum atomic E-state index is -0.410. The summed E-state index contributed by atoms with van der Waals surface area (Å²) in [5.41, 5.74) is 1.11. The van der Waals surface area contributed by atoms with Crippen LogP contribution in [0.3, 0.4) is 0 Å². The van der Waals surface area contributed by atoms with Gasteiger partial charge in [0.05, 0.1) is 30.7 Å². The van der Waals surface area contributed by atoms with Crippen LogP contribution < -0.4 is 5.46 Å². The highest BCUT2D eigenvalue weighted by atomic mass is 16.7. The molecule has 0 aromatic heterocycles. The second-order valence-electron chi connectivity index (χ2n) is 9.20. The molecule has 2 fully saturated rings. The molecule has 2 aliphatic heterocycles. The van der Waals surface area contributed by atoms with Gasteiger partial charge >= 0.3 is 13.1 Å². The second kappa shape index (κ2) is 8.11. The molecule has 1 amide bonds. The SMILES string of the molecule is COC(=O)[C@@H]1CC[C@H](C)N(C(=O)Cc2ccc(B3OC(C)(C)C(C)(C)O3)cc2)C1. The van der Waals surface area contributed by atoms with Crippen LogP contribution in [0, 0.1) is 5.92 Å². The minimum absolute atomic E-state index is 0.0366. The number of carbonyl (C=O) groups is 2. The van der Waals surface area contributed by atoms with Gasteiger partial charge in [-0.1, -0.05) is 24.3 Å². The third-order valence-electron chi connectivity index (χ3n) is 6.60. The smallest absolute Gasteiger partial charge is 0.469 e. The average molecular weight is 401 g/mol. The molecule has 2 saturated heterocycles. The van der Waals surface area contributed by atoms with E-state index in [0.717, 1.165) is 23.9 Å². The summed E-state index contributed by atoms with van der Waals surface area (Å²) in [7, 11) is 0.987. The van der Waals surface area contributed by atoms with Crippen molar-refractivity contribution in [3.63, 3.8) is 0 Å². The first-order chi connectivity index (χ1) is 13.5. The van der Waals surface area contributed by atoms with Gasteiger partial charge in [-0.05, 0) is 58.5 Å². The third kappa shape index (κ3) is 4.51. The molecule has 29 heavy (non-hydrogen) atoms. The Labute approximate surface area is 174 Å². The van der Waals surface area contributed by atoms with Crippen LogP contribution in [0.5, 0.6) is 0 Å². The normalized spacial score (nSPS) is 25.7. The summed E-state index contributed by atoms with van der Waals surface area (Å²) >= 11 is 0. The maximum atomic E-state index is 12.9. The molecule has 2 heterocycles. The Morgan fingerprint density at radius 3 is 2.24 bits per heavy atom. The summed E-state index contributed by atoms with van der Waals surface area (Å²) in [5, 5.41) is 0. The first-order valence-corrected chi connectivity index (χ1v) is 10.4. The van der Waals surface area contributed by atoms with E-state index in [-0.39, 0.29) is 35.0 Å². The largest absolute Gasteiger partial charge is 0.494 e. The Kier molecular flexibility index (Phi) is 6.11. The predicted molar refractivity (Wildman–Crippen MR) is 112 cm³/mol. The number of likely N-dealkylation sites (tertiary alicyclic amines) is 1. The van der Waals surface area contributed by atoms with E-state index in [1.807, 2.05) is 63.8 Å². The van der Waals surface area contributed by atoms with Crippen LogP contribution in [0.15, 0.2) is 24.3 Å². The van der Waals surface area contributed by atoms with Crippen molar-refractivity contribution in [2.24, 2.45) is 5.92 Å². The fourth-order valence-corrected chi connectivity index (χ4v) is 3.86. The lowest BCUT2D eigenvalue weighted by Crippen LogP contribution is -2.48. The van der Waals surface area contributed by atoms with Crippen molar-refractivity contribution in [1.29, 1.82) is 0 Å². The monoisotopic (exact) mass is 401 g/mol. The van der Waals surface area contributed by atoms with Gasteiger partial charge in [-0.2, -0.15) is 0 Å². The van der Waals surface area contributed by atoms with E-state index in [2.05, 4.69) is 0 Å². The van der Waals surface area contributed by atoms with Crippen molar-refractivity contribution in [1.82, 2.24) is 4.90 Å². The van der Waals surface area contributed by atoms with Crippen LogP contribution in [-0.2, 0) is 30.1 Å². The second-order valence-corrected chi connectivity index (χ2v) is 9.20. The summed E-state index contributed by atoms with van der Waals surface area (Å²) in [6, 6.07) is 7.95. The molecule has 0 N–H and O–H groups in total. The van der Waals surface area contributed by atoms with Crippen molar-refractivity contribution in [3.05, 3.63) is 29.8 Å². The maximum absolute atomic E-state index is 12.9. The number of ether oxygens (including phenoxy) is 1. The van der Waals surface area contributed by atoms with E-state index in [0.29, 0.717) is 13.0 Å². The zero-order chi connectivity index (χ0) is 21.4. The molecule has 2 atom stereocenters. The summed E-state index contributed by atoms with van der Waals surface area (Å²) in [6.45, 7) is 10.6. The van der Waals surface area contributed by atoms with Crippen LogP contribution in [0.4, 0.5) is 0 Å². The summed E-state index contributed by atoms with van der Waals surface area (Å²) in [6.07, 6.45) is 1.88. The Bertz CT molecular complexity index is 745. The Morgan fingerprint density at radius 1 is 1.10 bits per heavy atom. The molecule has 7 heteroatoms. The topological polar surface area (TPSA) is 65.1 Å². The van der Waals surface area contributed by atoms with E-state index >= 15 is 0 Å². The van der Waals surface area contributed by atoms with E-state index < -0.39 is 7.12 Å². The van der Waals surface area contributed by atoms with Crippen LogP contribution in [0.1, 0.15) is 53.0 Å². The molecule has 1 aromatic rings. The Balaban J connectivity index is 1.64. The van der Waals surface area contributed by atoms with Crippen molar-refractivity contribution >= 4 is 24.5 Å². The van der Waals surface area contributed by atoms with Gasteiger partial charge in [-0.15, -0.1) is 0 Å². The highest BCUT2D eigenvalue weighted by Crippen LogP contribution is 2.36. The van der Waals surface area contributed by atoms with Gasteiger partial charge in [-0.3, -0.25) is 9.59 Å². The lowest BCUT2D eigenvalue weighted by atomic mass is 9.78. The fourth-order valence-electron chi connectivity index (χ4n) is 3.86. The number of amides is 1. The van der Waals surface area contributed by atoms with Crippen LogP contribution >= 0.6 is 0 Å². The first-order valence-electron chi connectivity index (χ1n) is 10.4. The van der Waals surface area contributed by atoms with Crippen molar-refractivity contribution in [2.75, 3.05) is 13.7 Å². The van der Waals surface area contributed by atoms with Crippen molar-refractivity contribution in [2.45, 2.75) is 71.1 Å². The number of rotatable bonds is 4. The molecule has 3 rings (SSSR count). The first kappa shape index (κ1) is 21.8. The highest BCUT2D eigenvalue weighted by molar-refractivity contribution is 6.62. The molecule has 2 aliphatic rings. The van der Waals surface area contributed by atoms with E-state index in [1.165, 1.54) is 7.11 Å². The molecule has 0 saturated carbocycles. The maximum Gasteiger partial charge on any atom is 0.494 e. The van der Waals surface area contributed by atoms with Gasteiger partial charge in [0.2, 0.25) is 5.91 Å². The number of piperidine rings is 1. The number of carbonyl (C=O) groups excluding carboxylic acids is 2. The lowest BCUT2D eigenvalue weighted by Gasteiger charge is -2.37. The molecule has 0 bridgehead atoms. The molecule has 0 aliphatic carbocycles. The van der Waals surface area contributed by atoms with Gasteiger partial charge in [0.1, 0.15) is 0 Å². The van der Waals surface area contributed by atoms with E-state index in [1.54, 1.807) is 0 Å². The molecule has 1 aromatic carbocycles. The van der Waals surface area contributed by atoms with Crippen molar-refractivity contribution in [3.8, 4) is 0 Å².